The van der Waals surface area contributed by atoms with Gasteiger partial charge in [0, 0.05) is 17.3 Å². The van der Waals surface area contributed by atoms with Crippen LogP contribution in [0.4, 0.5) is 15.8 Å². The van der Waals surface area contributed by atoms with Gasteiger partial charge in [-0.25, -0.2) is 4.39 Å². The molecule has 0 aliphatic rings. The minimum Gasteiger partial charge on any atom is -0.451 e. The Morgan fingerprint density at radius 3 is 2.65 bits per heavy atom. The van der Waals surface area contributed by atoms with Crippen LogP contribution in [-0.2, 0) is 0 Å². The van der Waals surface area contributed by atoms with Crippen molar-refractivity contribution in [3.63, 3.8) is 0 Å². The first kappa shape index (κ1) is 17.6. The van der Waals surface area contributed by atoms with Crippen LogP contribution in [0.1, 0.15) is 16.1 Å². The molecule has 0 saturated carbocycles. The zero-order chi connectivity index (χ0) is 18.8. The Kier molecular flexibility index (Phi) is 4.73. The number of amides is 1. The second-order valence-electron chi connectivity index (χ2n) is 5.51. The quantitative estimate of drug-likeness (QED) is 0.502. The monoisotopic (exact) mass is 374 g/mol. The molecule has 1 N–H and O–H groups in total. The number of nitro groups is 1. The normalized spacial score (nSPS) is 10.6. The summed E-state index contributed by atoms with van der Waals surface area (Å²) in [6.45, 7) is 1.59. The van der Waals surface area contributed by atoms with E-state index in [1.54, 1.807) is 13.0 Å². The molecule has 0 aliphatic carbocycles. The van der Waals surface area contributed by atoms with Crippen LogP contribution in [0, 0.1) is 22.9 Å². The van der Waals surface area contributed by atoms with Crippen molar-refractivity contribution < 1.29 is 18.5 Å². The highest BCUT2D eigenvalue weighted by Gasteiger charge is 2.17. The summed E-state index contributed by atoms with van der Waals surface area (Å²) in [6, 6.07) is 11.4. The molecule has 1 aromatic heterocycles. The molecule has 6 nitrogen and oxygen atoms in total. The van der Waals surface area contributed by atoms with Crippen LogP contribution >= 0.6 is 11.6 Å². The lowest BCUT2D eigenvalue weighted by Crippen LogP contribution is -2.11. The van der Waals surface area contributed by atoms with Crippen molar-refractivity contribution in [1.82, 2.24) is 0 Å². The standard InChI is InChI=1S/C18H12ClFN2O4/c1-10-8-12(3-5-14(10)20)21-18(23)17-7-6-16(26-17)11-2-4-13(19)15(9-11)22(24)25/h2-9H,1H3,(H,21,23). The molecular formula is C18H12ClFN2O4. The van der Waals surface area contributed by atoms with Gasteiger partial charge >= 0.3 is 0 Å². The van der Waals surface area contributed by atoms with Crippen LogP contribution in [-0.4, -0.2) is 10.8 Å². The molecular weight excluding hydrogens is 363 g/mol. The van der Waals surface area contributed by atoms with Crippen molar-refractivity contribution in [3.8, 4) is 11.3 Å². The lowest BCUT2D eigenvalue weighted by atomic mass is 10.1. The predicted molar refractivity (Wildman–Crippen MR) is 94.9 cm³/mol. The molecule has 26 heavy (non-hydrogen) atoms. The molecule has 132 valence electrons. The van der Waals surface area contributed by atoms with Gasteiger partial charge in [0.05, 0.1) is 4.92 Å². The number of nitro benzene ring substituents is 1. The Morgan fingerprint density at radius 2 is 1.96 bits per heavy atom. The summed E-state index contributed by atoms with van der Waals surface area (Å²) in [4.78, 5) is 22.6. The number of hydrogen-bond donors (Lipinski definition) is 1. The number of nitrogens with one attached hydrogen (secondary N) is 1. The summed E-state index contributed by atoms with van der Waals surface area (Å²) in [7, 11) is 0. The van der Waals surface area contributed by atoms with Gasteiger partial charge in [0.15, 0.2) is 5.76 Å². The molecule has 1 heterocycles. The summed E-state index contributed by atoms with van der Waals surface area (Å²) < 4.78 is 18.8. The first-order valence-electron chi connectivity index (χ1n) is 7.47. The van der Waals surface area contributed by atoms with Crippen molar-refractivity contribution in [2.75, 3.05) is 5.32 Å². The molecule has 0 fully saturated rings. The number of carbonyl (C=O) groups is 1. The van der Waals surface area contributed by atoms with Crippen LogP contribution in [0.2, 0.25) is 5.02 Å². The fourth-order valence-corrected chi connectivity index (χ4v) is 2.52. The maximum absolute atomic E-state index is 13.3. The predicted octanol–water partition coefficient (Wildman–Crippen LogP) is 5.21. The molecule has 8 heteroatoms. The minimum absolute atomic E-state index is 0.00922. The minimum atomic E-state index is -0.598. The summed E-state index contributed by atoms with van der Waals surface area (Å²) in [5.74, 6) is -0.594. The highest BCUT2D eigenvalue weighted by molar-refractivity contribution is 6.32. The maximum Gasteiger partial charge on any atom is 0.291 e. The van der Waals surface area contributed by atoms with Gasteiger partial charge < -0.3 is 9.73 Å². The second-order valence-corrected chi connectivity index (χ2v) is 5.91. The highest BCUT2D eigenvalue weighted by Crippen LogP contribution is 2.31. The Labute approximate surface area is 152 Å². The molecule has 0 unspecified atom stereocenters. The van der Waals surface area contributed by atoms with Gasteiger partial charge in [0.2, 0.25) is 0 Å². The Balaban J connectivity index is 1.83. The van der Waals surface area contributed by atoms with Gasteiger partial charge in [0.25, 0.3) is 11.6 Å². The topological polar surface area (TPSA) is 85.4 Å². The fraction of sp³-hybridized carbons (Fsp3) is 0.0556. The van der Waals surface area contributed by atoms with Crippen LogP contribution in [0.3, 0.4) is 0 Å². The van der Waals surface area contributed by atoms with Crippen molar-refractivity contribution in [1.29, 1.82) is 0 Å². The van der Waals surface area contributed by atoms with Crippen LogP contribution in [0.5, 0.6) is 0 Å². The highest BCUT2D eigenvalue weighted by atomic mass is 35.5. The third kappa shape index (κ3) is 3.57. The van der Waals surface area contributed by atoms with E-state index in [4.69, 9.17) is 16.0 Å². The SMILES string of the molecule is Cc1cc(NC(=O)c2ccc(-c3ccc(Cl)c([N+](=O)[O-])c3)o2)ccc1F. The molecule has 0 radical (unpaired) electrons. The first-order chi connectivity index (χ1) is 12.3. The lowest BCUT2D eigenvalue weighted by Gasteiger charge is -2.05. The van der Waals surface area contributed by atoms with E-state index in [9.17, 15) is 19.3 Å². The van der Waals surface area contributed by atoms with Gasteiger partial charge in [-0.2, -0.15) is 0 Å². The summed E-state index contributed by atoms with van der Waals surface area (Å²) in [5.41, 5.74) is 0.983. The van der Waals surface area contributed by atoms with Gasteiger partial charge in [-0.3, -0.25) is 14.9 Å². The van der Waals surface area contributed by atoms with Crippen LogP contribution < -0.4 is 5.32 Å². The first-order valence-corrected chi connectivity index (χ1v) is 7.84. The third-order valence-electron chi connectivity index (χ3n) is 3.67. The number of anilines is 1. The zero-order valence-corrected chi connectivity index (χ0v) is 14.2. The summed E-state index contributed by atoms with van der Waals surface area (Å²) in [6.07, 6.45) is 0. The zero-order valence-electron chi connectivity index (χ0n) is 13.5. The van der Waals surface area contributed by atoms with E-state index >= 15 is 0 Å². The van der Waals surface area contributed by atoms with Gasteiger partial charge in [-0.15, -0.1) is 0 Å². The average Bonchev–Trinajstić information content (AvgIpc) is 3.08. The number of furan rings is 1. The molecule has 0 spiro atoms. The molecule has 3 aromatic rings. The fourth-order valence-electron chi connectivity index (χ4n) is 2.34. The summed E-state index contributed by atoms with van der Waals surface area (Å²) in [5, 5.41) is 13.6. The molecule has 1 amide bonds. The smallest absolute Gasteiger partial charge is 0.291 e. The largest absolute Gasteiger partial charge is 0.451 e. The van der Waals surface area contributed by atoms with E-state index in [1.807, 2.05) is 0 Å². The summed E-state index contributed by atoms with van der Waals surface area (Å²) >= 11 is 5.79. The van der Waals surface area contributed by atoms with Gasteiger partial charge in [-0.05, 0) is 55.0 Å². The molecule has 0 atom stereocenters. The van der Waals surface area contributed by atoms with Gasteiger partial charge in [0.1, 0.15) is 16.6 Å². The Morgan fingerprint density at radius 1 is 1.19 bits per heavy atom. The molecule has 2 aromatic carbocycles. The van der Waals surface area contributed by atoms with E-state index in [2.05, 4.69) is 5.32 Å². The van der Waals surface area contributed by atoms with Crippen LogP contribution in [0.15, 0.2) is 52.9 Å². The van der Waals surface area contributed by atoms with Crippen molar-refractivity contribution in [2.24, 2.45) is 0 Å². The van der Waals surface area contributed by atoms with E-state index in [0.717, 1.165) is 0 Å². The van der Waals surface area contributed by atoms with Crippen molar-refractivity contribution >= 4 is 28.9 Å². The second kappa shape index (κ2) is 6.97. The number of nitrogens with zero attached hydrogens (tertiary/aromatic N) is 1. The Hall–Kier alpha value is -3.19. The molecule has 0 bridgehead atoms. The van der Waals surface area contributed by atoms with E-state index in [0.29, 0.717) is 16.8 Å². The van der Waals surface area contributed by atoms with Crippen LogP contribution in [0.25, 0.3) is 11.3 Å². The molecule has 0 aliphatic heterocycles. The number of rotatable bonds is 4. The van der Waals surface area contributed by atoms with Crippen molar-refractivity contribution in [2.45, 2.75) is 6.92 Å². The number of hydrogen-bond acceptors (Lipinski definition) is 4. The van der Waals surface area contributed by atoms with E-state index < -0.39 is 10.8 Å². The third-order valence-corrected chi connectivity index (χ3v) is 3.99. The van der Waals surface area contributed by atoms with E-state index in [1.165, 1.54) is 42.5 Å². The number of halogens is 2. The number of aryl methyl sites for hydroxylation is 1. The number of benzene rings is 2. The number of carbonyl (C=O) groups excluding carboxylic acids is 1. The van der Waals surface area contributed by atoms with E-state index in [-0.39, 0.29) is 28.0 Å². The maximum atomic E-state index is 13.3. The molecule has 3 rings (SSSR count). The Bertz CT molecular complexity index is 1020. The van der Waals surface area contributed by atoms with Crippen molar-refractivity contribution in [3.05, 3.63) is 80.8 Å². The average molecular weight is 375 g/mol. The lowest BCUT2D eigenvalue weighted by molar-refractivity contribution is -0.384. The molecule has 0 saturated heterocycles. The van der Waals surface area contributed by atoms with Gasteiger partial charge in [-0.1, -0.05) is 11.6 Å².